The number of aromatic nitrogens is 1. The molecule has 1 aromatic carbocycles. The number of pyridine rings is 1. The highest BCUT2D eigenvalue weighted by molar-refractivity contribution is 6.22. The summed E-state index contributed by atoms with van der Waals surface area (Å²) in [5.41, 5.74) is 0.518. The highest BCUT2D eigenvalue weighted by atomic mass is 16.6. The maximum Gasteiger partial charge on any atom is 0.287 e. The van der Waals surface area contributed by atoms with Crippen molar-refractivity contribution in [3.8, 4) is 5.75 Å². The minimum atomic E-state index is -0.539. The quantitative estimate of drug-likeness (QED) is 0.368. The van der Waals surface area contributed by atoms with Crippen LogP contribution in [0.3, 0.4) is 0 Å². The van der Waals surface area contributed by atoms with Crippen LogP contribution in [0.2, 0.25) is 0 Å². The molecule has 2 aromatic rings. The molecule has 1 atom stereocenters. The first kappa shape index (κ1) is 22.7. The van der Waals surface area contributed by atoms with Crippen molar-refractivity contribution in [1.29, 1.82) is 0 Å². The minimum Gasteiger partial charge on any atom is -0.494 e. The van der Waals surface area contributed by atoms with Crippen LogP contribution in [-0.2, 0) is 9.59 Å². The van der Waals surface area contributed by atoms with Crippen LogP contribution in [0.4, 0.5) is 17.2 Å². The van der Waals surface area contributed by atoms with Gasteiger partial charge in [0.25, 0.3) is 11.6 Å². The zero-order chi connectivity index (χ0) is 23.4. The first-order valence-corrected chi connectivity index (χ1v) is 11.2. The molecule has 1 N–H and O–H groups in total. The Morgan fingerprint density at radius 1 is 1.15 bits per heavy atom. The van der Waals surface area contributed by atoms with E-state index in [9.17, 15) is 19.7 Å². The molecule has 0 bridgehead atoms. The van der Waals surface area contributed by atoms with Crippen molar-refractivity contribution in [3.05, 3.63) is 52.7 Å². The monoisotopic (exact) mass is 453 g/mol. The molecule has 4 rings (SSSR count). The summed E-state index contributed by atoms with van der Waals surface area (Å²) in [6.45, 7) is 4.06. The van der Waals surface area contributed by atoms with Gasteiger partial charge in [0.1, 0.15) is 17.8 Å². The number of nitro groups is 1. The largest absolute Gasteiger partial charge is 0.494 e. The molecule has 2 aliphatic heterocycles. The van der Waals surface area contributed by atoms with Gasteiger partial charge in [0.2, 0.25) is 5.91 Å². The summed E-state index contributed by atoms with van der Waals surface area (Å²) in [6.07, 6.45) is 3.86. The maximum atomic E-state index is 13.0. The number of piperidine rings is 1. The summed E-state index contributed by atoms with van der Waals surface area (Å²) in [7, 11) is 0. The first-order valence-electron chi connectivity index (χ1n) is 11.2. The standard InChI is InChI=1S/C23H27N5O5/c1-2-13-33-19-6-3-17(4-7-19)27-22(29)14-20(23(27)30)25-16-9-11-26(12-10-16)21-8-5-18(15-24-21)28(31)32/h3-8,15-16,20,25H,2,9-14H2,1H3/t20-/m0/s1. The Kier molecular flexibility index (Phi) is 6.83. The van der Waals surface area contributed by atoms with Crippen molar-refractivity contribution in [2.45, 2.75) is 44.7 Å². The average Bonchev–Trinajstić information content (AvgIpc) is 3.11. The number of imide groups is 1. The van der Waals surface area contributed by atoms with E-state index in [0.717, 1.165) is 19.3 Å². The van der Waals surface area contributed by atoms with Crippen LogP contribution in [0.5, 0.6) is 5.75 Å². The van der Waals surface area contributed by atoms with Gasteiger partial charge in [-0.1, -0.05) is 6.92 Å². The van der Waals surface area contributed by atoms with E-state index in [1.165, 1.54) is 17.2 Å². The van der Waals surface area contributed by atoms with E-state index in [-0.39, 0.29) is 30.0 Å². The first-order chi connectivity index (χ1) is 16.0. The SMILES string of the molecule is CCCOc1ccc(N2C(=O)C[C@H](NC3CCN(c4ccc([N+](=O)[O-])cn4)CC3)C2=O)cc1. The van der Waals surface area contributed by atoms with E-state index in [2.05, 4.69) is 15.2 Å². The molecule has 0 radical (unpaired) electrons. The lowest BCUT2D eigenvalue weighted by Crippen LogP contribution is -2.49. The van der Waals surface area contributed by atoms with E-state index in [4.69, 9.17) is 4.74 Å². The van der Waals surface area contributed by atoms with Crippen LogP contribution in [0.25, 0.3) is 0 Å². The number of nitrogens with one attached hydrogen (secondary N) is 1. The molecule has 0 spiro atoms. The summed E-state index contributed by atoms with van der Waals surface area (Å²) in [4.78, 5) is 43.4. The molecule has 10 nitrogen and oxygen atoms in total. The second-order valence-electron chi connectivity index (χ2n) is 8.23. The molecule has 2 saturated heterocycles. The molecule has 10 heteroatoms. The maximum absolute atomic E-state index is 13.0. The van der Waals surface area contributed by atoms with Crippen LogP contribution in [0.1, 0.15) is 32.6 Å². The number of carbonyl (C=O) groups is 2. The molecule has 2 aliphatic rings. The van der Waals surface area contributed by atoms with Crippen molar-refractivity contribution in [3.63, 3.8) is 0 Å². The van der Waals surface area contributed by atoms with Gasteiger partial charge in [-0.15, -0.1) is 0 Å². The second kappa shape index (κ2) is 9.95. The van der Waals surface area contributed by atoms with Crippen LogP contribution in [-0.4, -0.2) is 53.5 Å². The van der Waals surface area contributed by atoms with E-state index in [0.29, 0.717) is 37.0 Å². The normalized spacial score (nSPS) is 19.2. The Morgan fingerprint density at radius 2 is 1.88 bits per heavy atom. The predicted octanol–water partition coefficient (Wildman–Crippen LogP) is 2.67. The van der Waals surface area contributed by atoms with Crippen LogP contribution in [0.15, 0.2) is 42.6 Å². The van der Waals surface area contributed by atoms with Crippen LogP contribution >= 0.6 is 0 Å². The fourth-order valence-corrected chi connectivity index (χ4v) is 4.18. The molecular formula is C23H27N5O5. The van der Waals surface area contributed by atoms with E-state index < -0.39 is 11.0 Å². The van der Waals surface area contributed by atoms with Gasteiger partial charge in [-0.2, -0.15) is 0 Å². The molecule has 174 valence electrons. The van der Waals surface area contributed by atoms with Crippen molar-refractivity contribution < 1.29 is 19.2 Å². The summed E-state index contributed by atoms with van der Waals surface area (Å²) in [6, 6.07) is 9.68. The molecule has 2 fully saturated rings. The molecule has 3 heterocycles. The Hall–Kier alpha value is -3.53. The summed E-state index contributed by atoms with van der Waals surface area (Å²) in [5.74, 6) is 0.960. The Labute approximate surface area is 191 Å². The number of ether oxygens (including phenoxy) is 1. The number of amides is 2. The number of carbonyl (C=O) groups excluding carboxylic acids is 2. The third kappa shape index (κ3) is 5.11. The van der Waals surface area contributed by atoms with Crippen molar-refractivity contribution in [1.82, 2.24) is 10.3 Å². The number of rotatable bonds is 8. The van der Waals surface area contributed by atoms with Gasteiger partial charge in [0, 0.05) is 25.2 Å². The van der Waals surface area contributed by atoms with Crippen LogP contribution in [0, 0.1) is 10.1 Å². The molecule has 33 heavy (non-hydrogen) atoms. The van der Waals surface area contributed by atoms with E-state index in [1.54, 1.807) is 30.3 Å². The molecule has 0 unspecified atom stereocenters. The van der Waals surface area contributed by atoms with Gasteiger partial charge in [-0.3, -0.25) is 19.7 Å². The summed E-state index contributed by atoms with van der Waals surface area (Å²) in [5, 5.41) is 14.2. The van der Waals surface area contributed by atoms with Gasteiger partial charge in [-0.05, 0) is 49.6 Å². The predicted molar refractivity (Wildman–Crippen MR) is 122 cm³/mol. The van der Waals surface area contributed by atoms with Crippen molar-refractivity contribution in [2.24, 2.45) is 0 Å². The highest BCUT2D eigenvalue weighted by Gasteiger charge is 2.40. The lowest BCUT2D eigenvalue weighted by Gasteiger charge is -2.34. The van der Waals surface area contributed by atoms with Crippen molar-refractivity contribution in [2.75, 3.05) is 29.5 Å². The Balaban J connectivity index is 1.31. The summed E-state index contributed by atoms with van der Waals surface area (Å²) >= 11 is 0. The molecule has 2 amide bonds. The topological polar surface area (TPSA) is 118 Å². The van der Waals surface area contributed by atoms with Crippen LogP contribution < -0.4 is 19.9 Å². The molecule has 0 saturated carbocycles. The Morgan fingerprint density at radius 3 is 2.48 bits per heavy atom. The zero-order valence-corrected chi connectivity index (χ0v) is 18.5. The Bertz CT molecular complexity index is 1000. The van der Waals surface area contributed by atoms with Crippen molar-refractivity contribution >= 4 is 29.0 Å². The fraction of sp³-hybridized carbons (Fsp3) is 0.435. The van der Waals surface area contributed by atoms with Gasteiger partial charge in [-0.25, -0.2) is 9.88 Å². The summed E-state index contributed by atoms with van der Waals surface area (Å²) < 4.78 is 5.57. The zero-order valence-electron chi connectivity index (χ0n) is 18.5. The van der Waals surface area contributed by atoms with E-state index in [1.807, 2.05) is 6.92 Å². The van der Waals surface area contributed by atoms with Gasteiger partial charge >= 0.3 is 0 Å². The van der Waals surface area contributed by atoms with Gasteiger partial charge in [0.05, 0.1) is 29.7 Å². The fourth-order valence-electron chi connectivity index (χ4n) is 4.18. The third-order valence-electron chi connectivity index (χ3n) is 5.91. The molecule has 1 aromatic heterocycles. The third-order valence-corrected chi connectivity index (χ3v) is 5.91. The second-order valence-corrected chi connectivity index (χ2v) is 8.23. The molecular weight excluding hydrogens is 426 g/mol. The number of nitrogens with zero attached hydrogens (tertiary/aromatic N) is 4. The average molecular weight is 453 g/mol. The molecule has 0 aliphatic carbocycles. The highest BCUT2D eigenvalue weighted by Crippen LogP contribution is 2.27. The minimum absolute atomic E-state index is 0.0348. The van der Waals surface area contributed by atoms with Gasteiger partial charge in [0.15, 0.2) is 0 Å². The number of benzene rings is 1. The lowest BCUT2D eigenvalue weighted by atomic mass is 10.0. The van der Waals surface area contributed by atoms with E-state index >= 15 is 0 Å². The number of anilines is 2. The smallest absolute Gasteiger partial charge is 0.287 e. The number of hydrogen-bond acceptors (Lipinski definition) is 8. The van der Waals surface area contributed by atoms with Gasteiger partial charge < -0.3 is 15.0 Å². The lowest BCUT2D eigenvalue weighted by molar-refractivity contribution is -0.385. The number of hydrogen-bond donors (Lipinski definition) is 1.